The highest BCUT2D eigenvalue weighted by Gasteiger charge is 2.47. The van der Waals surface area contributed by atoms with Gasteiger partial charge in [0.15, 0.2) is 11.9 Å². The van der Waals surface area contributed by atoms with Gasteiger partial charge in [-0.25, -0.2) is 0 Å². The lowest BCUT2D eigenvalue weighted by atomic mass is 9.85. The maximum absolute atomic E-state index is 14.3. The van der Waals surface area contributed by atoms with Gasteiger partial charge in [-0.15, -0.1) is 0 Å². The van der Waals surface area contributed by atoms with Crippen molar-refractivity contribution in [3.05, 3.63) is 35.9 Å². The van der Waals surface area contributed by atoms with Crippen LogP contribution in [-0.4, -0.2) is 143 Å². The smallest absolute Gasteiger partial charge is 0.252 e. The Morgan fingerprint density at radius 3 is 1.76 bits per heavy atom. The summed E-state index contributed by atoms with van der Waals surface area (Å²) in [5, 5.41) is 38.7. The Morgan fingerprint density at radius 2 is 1.25 bits per heavy atom. The summed E-state index contributed by atoms with van der Waals surface area (Å²) in [4.78, 5) is 96.9. The minimum Gasteiger partial charge on any atom is -0.382 e. The number of benzene rings is 1. The number of Topliss-reactive ketones (excluding diaryl/α,β-unsaturated/α-hetero) is 1. The van der Waals surface area contributed by atoms with Crippen molar-refractivity contribution in [2.24, 2.45) is 16.7 Å². The van der Waals surface area contributed by atoms with Gasteiger partial charge in [0.1, 0.15) is 24.2 Å². The molecule has 17 nitrogen and oxygen atoms in total. The first-order valence-electron chi connectivity index (χ1n) is 20.5. The van der Waals surface area contributed by atoms with Crippen LogP contribution in [0.4, 0.5) is 0 Å². The van der Waals surface area contributed by atoms with E-state index < -0.39 is 101 Å². The monoisotopic (exact) mass is 829 g/mol. The van der Waals surface area contributed by atoms with Gasteiger partial charge in [-0.1, -0.05) is 71.9 Å². The molecule has 6 amide bonds. The Labute approximate surface area is 348 Å². The van der Waals surface area contributed by atoms with E-state index in [1.165, 1.54) is 9.80 Å². The Bertz CT molecular complexity index is 1660. The number of aliphatic hydroxyl groups excluding tert-OH is 2. The molecule has 2 saturated heterocycles. The van der Waals surface area contributed by atoms with Crippen molar-refractivity contribution in [2.45, 2.75) is 136 Å². The standard InChI is InChI=1S/C42H68N8O9/c1-23(27-15-13-12-14-16-27)45-37(56)29-19-26(21-50(29)40(59)34(42(7,8)9)48-36(55)25(3)44-11)20-30(51)31(52)32(53)38(57)46-28-17-18-49(22-28)39(58)33(41(4,5)6)47-35(54)24(2)43-10/h12-16,23-26,28-29,31-34,43-44,52-53H,17-22H2,1-11H3,(H,45,56)(H,46,57)(H,47,54)(H,48,55)/t23-,24+,25+,26-,28+,29+,31+,32-,33-,34-/m1/s1. The third-order valence-electron chi connectivity index (χ3n) is 11.3. The van der Waals surface area contributed by atoms with Gasteiger partial charge in [-0.3, -0.25) is 33.6 Å². The number of nitrogens with zero attached hydrogens (tertiary/aromatic N) is 2. The molecule has 2 aliphatic heterocycles. The molecule has 330 valence electrons. The zero-order valence-corrected chi connectivity index (χ0v) is 36.5. The van der Waals surface area contributed by atoms with Gasteiger partial charge in [0.25, 0.3) is 5.91 Å². The Kier molecular flexibility index (Phi) is 17.2. The molecule has 0 radical (unpaired) electrons. The molecule has 0 bridgehead atoms. The SMILES string of the molecule is CN[C@@H](C)C(=O)N[C@H](C(=O)N1CC[C@H](NC(=O)[C@H](O)[C@@H](O)C(=O)C[C@H]2C[C@@H](C(=O)N[C@H](C)c3ccccc3)N(C(=O)[C@@H](NC(=O)[C@H](C)NC)C(C)(C)C)C2)C1)C(C)(C)C. The number of ketones is 1. The lowest BCUT2D eigenvalue weighted by Crippen LogP contribution is -2.59. The Morgan fingerprint density at radius 1 is 0.729 bits per heavy atom. The van der Waals surface area contributed by atoms with Crippen LogP contribution < -0.4 is 31.9 Å². The van der Waals surface area contributed by atoms with Crippen LogP contribution in [0.5, 0.6) is 0 Å². The van der Waals surface area contributed by atoms with E-state index in [-0.39, 0.29) is 44.3 Å². The number of carbonyl (C=O) groups is 7. The lowest BCUT2D eigenvalue weighted by Gasteiger charge is -2.36. The normalized spacial score (nSPS) is 21.9. The molecule has 10 atom stereocenters. The molecule has 2 aliphatic rings. The van der Waals surface area contributed by atoms with E-state index in [0.29, 0.717) is 6.42 Å². The summed E-state index contributed by atoms with van der Waals surface area (Å²) < 4.78 is 0. The zero-order valence-electron chi connectivity index (χ0n) is 36.5. The largest absolute Gasteiger partial charge is 0.382 e. The van der Waals surface area contributed by atoms with Gasteiger partial charge < -0.3 is 51.9 Å². The second kappa shape index (κ2) is 20.7. The van der Waals surface area contributed by atoms with E-state index in [4.69, 9.17) is 0 Å². The molecule has 0 aromatic heterocycles. The van der Waals surface area contributed by atoms with Gasteiger partial charge in [-0.05, 0) is 70.0 Å². The highest BCUT2D eigenvalue weighted by molar-refractivity contribution is 5.95. The predicted molar refractivity (Wildman–Crippen MR) is 221 cm³/mol. The Hall–Kier alpha value is -4.45. The van der Waals surface area contributed by atoms with E-state index in [1.54, 1.807) is 48.7 Å². The number of rotatable bonds is 17. The quantitative estimate of drug-likeness (QED) is 0.102. The van der Waals surface area contributed by atoms with Gasteiger partial charge in [0.05, 0.1) is 18.1 Å². The summed E-state index contributed by atoms with van der Waals surface area (Å²) >= 11 is 0. The third kappa shape index (κ3) is 13.0. The summed E-state index contributed by atoms with van der Waals surface area (Å²) in [5.41, 5.74) is -0.543. The molecule has 1 aromatic rings. The van der Waals surface area contributed by atoms with Gasteiger partial charge in [0, 0.05) is 32.1 Å². The first-order valence-corrected chi connectivity index (χ1v) is 20.5. The van der Waals surface area contributed by atoms with Crippen LogP contribution in [0.2, 0.25) is 0 Å². The minimum absolute atomic E-state index is 0.0490. The predicted octanol–water partition coefficient (Wildman–Crippen LogP) is -0.243. The van der Waals surface area contributed by atoms with Crippen LogP contribution in [0.25, 0.3) is 0 Å². The number of aliphatic hydroxyl groups is 2. The topological polar surface area (TPSA) is 239 Å². The van der Waals surface area contributed by atoms with E-state index in [1.807, 2.05) is 58.0 Å². The van der Waals surface area contributed by atoms with Crippen LogP contribution >= 0.6 is 0 Å². The average Bonchev–Trinajstić information content (AvgIpc) is 3.83. The highest BCUT2D eigenvalue weighted by atomic mass is 16.3. The third-order valence-corrected chi connectivity index (χ3v) is 11.3. The van der Waals surface area contributed by atoms with Crippen LogP contribution in [0.1, 0.15) is 93.2 Å². The summed E-state index contributed by atoms with van der Waals surface area (Å²) in [6.07, 6.45) is -4.20. The van der Waals surface area contributed by atoms with E-state index >= 15 is 0 Å². The summed E-state index contributed by atoms with van der Waals surface area (Å²) in [5.74, 6) is -4.51. The van der Waals surface area contributed by atoms with Crippen molar-refractivity contribution < 1.29 is 43.8 Å². The number of amides is 6. The number of carbonyl (C=O) groups excluding carboxylic acids is 7. The second-order valence-electron chi connectivity index (χ2n) is 18.2. The summed E-state index contributed by atoms with van der Waals surface area (Å²) in [6, 6.07) is 4.25. The fourth-order valence-corrected chi connectivity index (χ4v) is 7.23. The van der Waals surface area contributed by atoms with E-state index in [0.717, 1.165) is 5.56 Å². The van der Waals surface area contributed by atoms with Gasteiger partial charge in [-0.2, -0.15) is 0 Å². The molecular formula is C42H68N8O9. The summed E-state index contributed by atoms with van der Waals surface area (Å²) in [6.45, 7) is 16.3. The number of nitrogens with one attached hydrogen (secondary N) is 6. The molecule has 0 unspecified atom stereocenters. The molecule has 2 heterocycles. The van der Waals surface area contributed by atoms with E-state index in [9.17, 15) is 43.8 Å². The maximum atomic E-state index is 14.3. The molecule has 0 saturated carbocycles. The molecule has 3 rings (SSSR count). The first kappa shape index (κ1) is 48.9. The lowest BCUT2D eigenvalue weighted by molar-refractivity contribution is -0.146. The molecule has 1 aromatic carbocycles. The van der Waals surface area contributed by atoms with Crippen LogP contribution in [0, 0.1) is 16.7 Å². The van der Waals surface area contributed by atoms with Crippen LogP contribution in [0.3, 0.4) is 0 Å². The Balaban J connectivity index is 1.72. The first-order chi connectivity index (χ1) is 27.4. The van der Waals surface area contributed by atoms with Crippen molar-refractivity contribution in [1.29, 1.82) is 0 Å². The van der Waals surface area contributed by atoms with Crippen molar-refractivity contribution in [1.82, 2.24) is 41.7 Å². The van der Waals surface area contributed by atoms with Crippen molar-refractivity contribution in [3.63, 3.8) is 0 Å². The minimum atomic E-state index is -2.13. The molecule has 0 spiro atoms. The molecule has 2 fully saturated rings. The van der Waals surface area contributed by atoms with Crippen molar-refractivity contribution in [3.8, 4) is 0 Å². The van der Waals surface area contributed by atoms with Crippen molar-refractivity contribution in [2.75, 3.05) is 33.7 Å². The fraction of sp³-hybridized carbons (Fsp3) is 0.690. The number of likely N-dealkylation sites (N-methyl/N-ethyl adjacent to an activating group) is 2. The van der Waals surface area contributed by atoms with Crippen LogP contribution in [-0.2, 0) is 33.6 Å². The second-order valence-corrected chi connectivity index (χ2v) is 18.2. The van der Waals surface area contributed by atoms with Gasteiger partial charge in [0.2, 0.25) is 29.5 Å². The summed E-state index contributed by atoms with van der Waals surface area (Å²) in [7, 11) is 3.26. The van der Waals surface area contributed by atoms with Gasteiger partial charge >= 0.3 is 0 Å². The zero-order chi connectivity index (χ0) is 44.6. The average molecular weight is 829 g/mol. The highest BCUT2D eigenvalue weighted by Crippen LogP contribution is 2.32. The molecule has 59 heavy (non-hydrogen) atoms. The molecular weight excluding hydrogens is 761 g/mol. The number of hydrogen-bond donors (Lipinski definition) is 8. The molecule has 17 heteroatoms. The number of hydrogen-bond acceptors (Lipinski definition) is 11. The maximum Gasteiger partial charge on any atom is 0.252 e. The number of likely N-dealkylation sites (tertiary alicyclic amines) is 2. The van der Waals surface area contributed by atoms with Crippen LogP contribution in [0.15, 0.2) is 30.3 Å². The van der Waals surface area contributed by atoms with E-state index in [2.05, 4.69) is 31.9 Å². The molecule has 8 N–H and O–H groups in total. The fourth-order valence-electron chi connectivity index (χ4n) is 7.23. The molecule has 0 aliphatic carbocycles. The van der Waals surface area contributed by atoms with Crippen molar-refractivity contribution >= 4 is 41.2 Å².